The second kappa shape index (κ2) is 4.98. The predicted molar refractivity (Wildman–Crippen MR) is 53.4 cm³/mol. The molecule has 1 fully saturated rings. The Morgan fingerprint density at radius 1 is 1.29 bits per heavy atom. The topological polar surface area (TPSA) is 63.4 Å². The molecule has 2 N–H and O–H groups in total. The summed E-state index contributed by atoms with van der Waals surface area (Å²) in [4.78, 5) is 24.2. The SMILES string of the molecule is C[C@@H](CC(N)=O)C(=O)N1CCCCC1. The maximum atomic E-state index is 11.8. The van der Waals surface area contributed by atoms with E-state index in [2.05, 4.69) is 0 Å². The molecule has 0 aliphatic carbocycles. The number of amides is 2. The Hall–Kier alpha value is -1.06. The van der Waals surface area contributed by atoms with Gasteiger partial charge in [-0.2, -0.15) is 0 Å². The van der Waals surface area contributed by atoms with Crippen molar-refractivity contribution in [1.82, 2.24) is 4.90 Å². The predicted octanol–water partition coefficient (Wildman–Crippen LogP) is 0.510. The third kappa shape index (κ3) is 3.01. The Balaban J connectivity index is 2.42. The number of carbonyl (C=O) groups is 2. The van der Waals surface area contributed by atoms with Crippen LogP contribution in [0.1, 0.15) is 32.6 Å². The first-order valence-electron chi connectivity index (χ1n) is 5.18. The maximum absolute atomic E-state index is 11.8. The van der Waals surface area contributed by atoms with Crippen molar-refractivity contribution in [2.75, 3.05) is 13.1 Å². The standard InChI is InChI=1S/C10H18N2O2/c1-8(7-9(11)13)10(14)12-5-3-2-4-6-12/h8H,2-7H2,1H3,(H2,11,13)/t8-/m0/s1. The van der Waals surface area contributed by atoms with Gasteiger partial charge < -0.3 is 10.6 Å². The average molecular weight is 198 g/mol. The van der Waals surface area contributed by atoms with Crippen molar-refractivity contribution < 1.29 is 9.59 Å². The van der Waals surface area contributed by atoms with E-state index in [0.717, 1.165) is 25.9 Å². The minimum Gasteiger partial charge on any atom is -0.370 e. The molecule has 0 aromatic heterocycles. The van der Waals surface area contributed by atoms with Crippen molar-refractivity contribution in [1.29, 1.82) is 0 Å². The largest absolute Gasteiger partial charge is 0.370 e. The monoisotopic (exact) mass is 198 g/mol. The summed E-state index contributed by atoms with van der Waals surface area (Å²) >= 11 is 0. The van der Waals surface area contributed by atoms with Gasteiger partial charge in [0.25, 0.3) is 0 Å². The molecule has 1 rings (SSSR count). The third-order valence-electron chi connectivity index (χ3n) is 2.60. The highest BCUT2D eigenvalue weighted by atomic mass is 16.2. The van der Waals surface area contributed by atoms with E-state index >= 15 is 0 Å². The molecule has 0 spiro atoms. The molecular formula is C10H18N2O2. The first-order chi connectivity index (χ1) is 6.61. The number of likely N-dealkylation sites (tertiary alicyclic amines) is 1. The van der Waals surface area contributed by atoms with Gasteiger partial charge in [-0.15, -0.1) is 0 Å². The molecule has 0 aromatic rings. The molecule has 0 saturated carbocycles. The van der Waals surface area contributed by atoms with E-state index in [1.807, 2.05) is 4.90 Å². The van der Waals surface area contributed by atoms with Crippen LogP contribution in [0.2, 0.25) is 0 Å². The van der Waals surface area contributed by atoms with Crippen LogP contribution in [0.15, 0.2) is 0 Å². The van der Waals surface area contributed by atoms with Crippen LogP contribution in [-0.2, 0) is 9.59 Å². The van der Waals surface area contributed by atoms with Gasteiger partial charge in [-0.05, 0) is 19.3 Å². The van der Waals surface area contributed by atoms with Crippen molar-refractivity contribution >= 4 is 11.8 Å². The summed E-state index contributed by atoms with van der Waals surface area (Å²) in [5.74, 6) is -0.586. The normalized spacial score (nSPS) is 19.1. The van der Waals surface area contributed by atoms with E-state index in [-0.39, 0.29) is 18.2 Å². The molecule has 2 amide bonds. The highest BCUT2D eigenvalue weighted by molar-refractivity contribution is 5.84. The zero-order chi connectivity index (χ0) is 10.6. The molecular weight excluding hydrogens is 180 g/mol. The Bertz CT molecular complexity index is 222. The van der Waals surface area contributed by atoms with Crippen molar-refractivity contribution in [2.24, 2.45) is 11.7 Å². The van der Waals surface area contributed by atoms with Crippen molar-refractivity contribution in [2.45, 2.75) is 32.6 Å². The summed E-state index contributed by atoms with van der Waals surface area (Å²) in [6.45, 7) is 3.44. The van der Waals surface area contributed by atoms with Gasteiger partial charge in [0.15, 0.2) is 0 Å². The number of hydrogen-bond donors (Lipinski definition) is 1. The van der Waals surface area contributed by atoms with Crippen LogP contribution >= 0.6 is 0 Å². The molecule has 14 heavy (non-hydrogen) atoms. The highest BCUT2D eigenvalue weighted by Crippen LogP contribution is 2.13. The lowest BCUT2D eigenvalue weighted by Gasteiger charge is -2.28. The fourth-order valence-electron chi connectivity index (χ4n) is 1.82. The lowest BCUT2D eigenvalue weighted by atomic mass is 10.0. The van der Waals surface area contributed by atoms with Crippen LogP contribution in [0.4, 0.5) is 0 Å². The van der Waals surface area contributed by atoms with Gasteiger partial charge in [-0.25, -0.2) is 0 Å². The molecule has 1 saturated heterocycles. The Labute approximate surface area is 84.4 Å². The molecule has 4 nitrogen and oxygen atoms in total. The second-order valence-corrected chi connectivity index (χ2v) is 3.96. The minimum atomic E-state index is -0.400. The Morgan fingerprint density at radius 2 is 1.86 bits per heavy atom. The van der Waals surface area contributed by atoms with Gasteiger partial charge in [0, 0.05) is 25.4 Å². The molecule has 0 unspecified atom stereocenters. The molecule has 0 bridgehead atoms. The summed E-state index contributed by atoms with van der Waals surface area (Å²) in [6, 6.07) is 0. The molecule has 0 radical (unpaired) electrons. The first-order valence-corrected chi connectivity index (χ1v) is 5.18. The summed E-state index contributed by atoms with van der Waals surface area (Å²) in [5, 5.41) is 0. The van der Waals surface area contributed by atoms with Gasteiger partial charge >= 0.3 is 0 Å². The number of carbonyl (C=O) groups excluding carboxylic acids is 2. The molecule has 80 valence electrons. The smallest absolute Gasteiger partial charge is 0.225 e. The molecule has 1 atom stereocenters. The molecule has 0 aromatic carbocycles. The van der Waals surface area contributed by atoms with Crippen LogP contribution in [0, 0.1) is 5.92 Å². The highest BCUT2D eigenvalue weighted by Gasteiger charge is 2.22. The molecule has 1 aliphatic rings. The van der Waals surface area contributed by atoms with Gasteiger partial charge in [0.2, 0.25) is 11.8 Å². The van der Waals surface area contributed by atoms with E-state index in [4.69, 9.17) is 5.73 Å². The number of hydrogen-bond acceptors (Lipinski definition) is 2. The first kappa shape index (κ1) is 11.0. The number of nitrogens with zero attached hydrogens (tertiary/aromatic N) is 1. The van der Waals surface area contributed by atoms with Crippen LogP contribution in [0.3, 0.4) is 0 Å². The molecule has 1 aliphatic heterocycles. The van der Waals surface area contributed by atoms with Gasteiger partial charge in [-0.1, -0.05) is 6.92 Å². The number of nitrogens with two attached hydrogens (primary N) is 1. The van der Waals surface area contributed by atoms with Gasteiger partial charge in [0.1, 0.15) is 0 Å². The van der Waals surface area contributed by atoms with Crippen molar-refractivity contribution in [3.8, 4) is 0 Å². The quantitative estimate of drug-likeness (QED) is 0.718. The summed E-state index contributed by atoms with van der Waals surface area (Å²) < 4.78 is 0. The zero-order valence-electron chi connectivity index (χ0n) is 8.66. The third-order valence-corrected chi connectivity index (χ3v) is 2.60. The fourth-order valence-corrected chi connectivity index (χ4v) is 1.82. The zero-order valence-corrected chi connectivity index (χ0v) is 8.66. The number of rotatable bonds is 3. The number of piperidine rings is 1. The van der Waals surface area contributed by atoms with Gasteiger partial charge in [-0.3, -0.25) is 9.59 Å². The summed E-state index contributed by atoms with van der Waals surface area (Å²) in [7, 11) is 0. The fraction of sp³-hybridized carbons (Fsp3) is 0.800. The van der Waals surface area contributed by atoms with E-state index in [1.165, 1.54) is 6.42 Å². The lowest BCUT2D eigenvalue weighted by Crippen LogP contribution is -2.39. The van der Waals surface area contributed by atoms with Crippen molar-refractivity contribution in [3.05, 3.63) is 0 Å². The second-order valence-electron chi connectivity index (χ2n) is 3.96. The summed E-state index contributed by atoms with van der Waals surface area (Å²) in [6.07, 6.45) is 3.52. The average Bonchev–Trinajstić information content (AvgIpc) is 2.17. The van der Waals surface area contributed by atoms with E-state index in [0.29, 0.717) is 0 Å². The van der Waals surface area contributed by atoms with Gasteiger partial charge in [0.05, 0.1) is 0 Å². The van der Waals surface area contributed by atoms with E-state index in [1.54, 1.807) is 6.92 Å². The Kier molecular flexibility index (Phi) is 3.92. The van der Waals surface area contributed by atoms with Crippen LogP contribution < -0.4 is 5.73 Å². The van der Waals surface area contributed by atoms with E-state index in [9.17, 15) is 9.59 Å². The summed E-state index contributed by atoms with van der Waals surface area (Å²) in [5.41, 5.74) is 5.05. The molecule has 1 heterocycles. The Morgan fingerprint density at radius 3 is 2.36 bits per heavy atom. The minimum absolute atomic E-state index is 0.0727. The van der Waals surface area contributed by atoms with Crippen LogP contribution in [0.25, 0.3) is 0 Å². The molecule has 4 heteroatoms. The maximum Gasteiger partial charge on any atom is 0.225 e. The van der Waals surface area contributed by atoms with E-state index < -0.39 is 5.91 Å². The number of primary amides is 1. The van der Waals surface area contributed by atoms with Crippen LogP contribution in [-0.4, -0.2) is 29.8 Å². The lowest BCUT2D eigenvalue weighted by molar-refractivity contribution is -0.138. The van der Waals surface area contributed by atoms with Crippen LogP contribution in [0.5, 0.6) is 0 Å². The van der Waals surface area contributed by atoms with Crippen molar-refractivity contribution in [3.63, 3.8) is 0 Å².